The van der Waals surface area contributed by atoms with Gasteiger partial charge >= 0.3 is 5.97 Å². The van der Waals surface area contributed by atoms with E-state index in [-0.39, 0.29) is 11.5 Å². The zero-order valence-electron chi connectivity index (χ0n) is 8.18. The number of aliphatic carboxylic acids is 1. The Kier molecular flexibility index (Phi) is 4.57. The fourth-order valence-corrected chi connectivity index (χ4v) is 2.37. The van der Waals surface area contributed by atoms with E-state index in [9.17, 15) is 4.79 Å². The number of carboxylic acids is 1. The number of aromatic nitrogens is 1. The third-order valence-electron chi connectivity index (χ3n) is 1.33. The van der Waals surface area contributed by atoms with E-state index >= 15 is 0 Å². The van der Waals surface area contributed by atoms with Crippen LogP contribution in [0.5, 0.6) is 0 Å². The van der Waals surface area contributed by atoms with Crippen molar-refractivity contribution in [1.29, 1.82) is 0 Å². The highest BCUT2D eigenvalue weighted by atomic mass is 32.2. The lowest BCUT2D eigenvalue weighted by molar-refractivity contribution is -0.129. The van der Waals surface area contributed by atoms with E-state index in [2.05, 4.69) is 20.4 Å². The second-order valence-electron chi connectivity index (χ2n) is 2.48. The molecule has 0 bridgehead atoms. The molecule has 1 N–H and O–H groups in total. The molecule has 0 aliphatic rings. The van der Waals surface area contributed by atoms with Gasteiger partial charge in [-0.05, 0) is 6.92 Å². The number of thioether (sulfide) groups is 1. The molecule has 5 nitrogen and oxygen atoms in total. The van der Waals surface area contributed by atoms with E-state index < -0.39 is 5.97 Å². The number of nitrogens with zero attached hydrogens (tertiary/aromatic N) is 2. The minimum atomic E-state index is -1.08. The highest BCUT2D eigenvalue weighted by Crippen LogP contribution is 2.21. The average molecular weight is 245 g/mol. The van der Waals surface area contributed by atoms with Crippen LogP contribution in [0.25, 0.3) is 0 Å². The number of carboxylic acid groups (broad SMARTS) is 1. The maximum absolute atomic E-state index is 10.7. The highest BCUT2D eigenvalue weighted by molar-refractivity contribution is 8.01. The van der Waals surface area contributed by atoms with Gasteiger partial charge in [-0.2, -0.15) is 0 Å². The van der Waals surface area contributed by atoms with Crippen LogP contribution in [0.2, 0.25) is 0 Å². The van der Waals surface area contributed by atoms with Gasteiger partial charge < -0.3 is 9.94 Å². The molecule has 0 amide bonds. The Morgan fingerprint density at radius 3 is 3.00 bits per heavy atom. The predicted molar refractivity (Wildman–Crippen MR) is 58.5 cm³/mol. The van der Waals surface area contributed by atoms with Crippen LogP contribution >= 0.6 is 23.1 Å². The van der Waals surface area contributed by atoms with Crippen LogP contribution in [0.15, 0.2) is 9.50 Å². The molecule has 0 fully saturated rings. The molecule has 1 heterocycles. The van der Waals surface area contributed by atoms with Gasteiger partial charge in [0.15, 0.2) is 10.1 Å². The molecule has 1 aromatic rings. The van der Waals surface area contributed by atoms with Gasteiger partial charge in [-0.25, -0.2) is 9.78 Å². The quantitative estimate of drug-likeness (QED) is 0.482. The Labute approximate surface area is 95.2 Å². The van der Waals surface area contributed by atoms with Crippen molar-refractivity contribution in [2.75, 3.05) is 12.9 Å². The first kappa shape index (κ1) is 12.0. The van der Waals surface area contributed by atoms with Crippen molar-refractivity contribution >= 4 is 34.8 Å². The summed E-state index contributed by atoms with van der Waals surface area (Å²) in [6.07, 6.45) is 0. The van der Waals surface area contributed by atoms with Gasteiger partial charge in [0, 0.05) is 0 Å². The fourth-order valence-electron chi connectivity index (χ4n) is 0.729. The number of hydrogen-bond donors (Lipinski definition) is 1. The summed E-state index contributed by atoms with van der Waals surface area (Å²) in [5.41, 5.74) is 0.776. The first-order chi connectivity index (χ1) is 7.13. The topological polar surface area (TPSA) is 71.8 Å². The van der Waals surface area contributed by atoms with Crippen molar-refractivity contribution in [3.63, 3.8) is 0 Å². The minimum absolute atomic E-state index is 0.0321. The van der Waals surface area contributed by atoms with Crippen molar-refractivity contribution < 1.29 is 14.7 Å². The van der Waals surface area contributed by atoms with Gasteiger partial charge in [0.05, 0.1) is 16.8 Å². The summed E-state index contributed by atoms with van der Waals surface area (Å²) in [4.78, 5) is 19.2. The summed E-state index contributed by atoms with van der Waals surface area (Å²) in [5.74, 6) is -0.856. The monoisotopic (exact) mass is 245 g/mol. The zero-order valence-corrected chi connectivity index (χ0v) is 9.81. The molecule has 0 saturated heterocycles. The average Bonchev–Trinajstić information content (AvgIpc) is 2.58. The van der Waals surface area contributed by atoms with Crippen LogP contribution in [0, 0.1) is 12.3 Å². The molecule has 81 valence electrons. The maximum atomic E-state index is 10.7. The molecule has 0 aliphatic carbocycles. The Hall–Kier alpha value is -1.08. The van der Waals surface area contributed by atoms with E-state index in [0.717, 1.165) is 10.0 Å². The summed E-state index contributed by atoms with van der Waals surface area (Å²) < 4.78 is 0.776. The van der Waals surface area contributed by atoms with Crippen molar-refractivity contribution in [1.82, 2.24) is 4.98 Å². The van der Waals surface area contributed by atoms with Crippen LogP contribution in [0.4, 0.5) is 0 Å². The van der Waals surface area contributed by atoms with E-state index in [1.807, 2.05) is 6.92 Å². The summed E-state index contributed by atoms with van der Waals surface area (Å²) >= 11 is 2.66. The summed E-state index contributed by atoms with van der Waals surface area (Å²) in [5, 5.41) is 15.1. The van der Waals surface area contributed by atoms with E-state index in [4.69, 9.17) is 5.11 Å². The molecule has 0 aromatic carbocycles. The number of rotatable bonds is 5. The van der Waals surface area contributed by atoms with Crippen molar-refractivity contribution in [3.05, 3.63) is 11.1 Å². The molecule has 7 heteroatoms. The Morgan fingerprint density at radius 1 is 1.80 bits per heavy atom. The molecule has 1 radical (unpaired) electrons. The van der Waals surface area contributed by atoms with Crippen LogP contribution < -0.4 is 0 Å². The van der Waals surface area contributed by atoms with Crippen LogP contribution in [0.1, 0.15) is 5.69 Å². The van der Waals surface area contributed by atoms with Crippen molar-refractivity contribution in [2.24, 2.45) is 5.16 Å². The van der Waals surface area contributed by atoms with Crippen molar-refractivity contribution in [2.45, 2.75) is 11.3 Å². The van der Waals surface area contributed by atoms with E-state index in [1.54, 1.807) is 0 Å². The van der Waals surface area contributed by atoms with Gasteiger partial charge in [0.1, 0.15) is 7.11 Å². The van der Waals surface area contributed by atoms with Gasteiger partial charge in [0.2, 0.25) is 0 Å². The highest BCUT2D eigenvalue weighted by Gasteiger charge is 2.12. The second kappa shape index (κ2) is 5.72. The molecule has 0 saturated carbocycles. The van der Waals surface area contributed by atoms with E-state index in [1.165, 1.54) is 30.2 Å². The molecule has 0 unspecified atom stereocenters. The third kappa shape index (κ3) is 3.88. The first-order valence-electron chi connectivity index (χ1n) is 3.94. The molecule has 1 rings (SSSR count). The lowest BCUT2D eigenvalue weighted by Gasteiger charge is -1.97. The Bertz CT molecular complexity index is 376. The van der Waals surface area contributed by atoms with Gasteiger partial charge in [-0.1, -0.05) is 16.9 Å². The maximum Gasteiger partial charge on any atom is 0.354 e. The summed E-state index contributed by atoms with van der Waals surface area (Å²) in [6.45, 7) is 1.84. The molecule has 15 heavy (non-hydrogen) atoms. The lowest BCUT2D eigenvalue weighted by Crippen LogP contribution is -2.15. The summed E-state index contributed by atoms with van der Waals surface area (Å²) in [7, 11) is 1.31. The SMILES string of the molecule is CON=C(CSc1nc(C)[c]s1)C(=O)O. The van der Waals surface area contributed by atoms with Gasteiger partial charge in [0.25, 0.3) is 0 Å². The Balaban J connectivity index is 2.54. The van der Waals surface area contributed by atoms with Gasteiger partial charge in [-0.3, -0.25) is 0 Å². The largest absolute Gasteiger partial charge is 0.477 e. The number of oxime groups is 1. The molecular weight excluding hydrogens is 236 g/mol. The number of carbonyl (C=O) groups is 1. The number of aryl methyl sites for hydroxylation is 1. The standard InChI is InChI=1S/C8H9N2O3S2/c1-5-3-14-8(9-5)15-4-6(7(11)12)10-13-2/h4H2,1-2H3,(H,11,12). The van der Waals surface area contributed by atoms with Crippen molar-refractivity contribution in [3.8, 4) is 0 Å². The molecule has 1 aromatic heterocycles. The molecule has 0 atom stereocenters. The fraction of sp³-hybridized carbons (Fsp3) is 0.375. The third-order valence-corrected chi connectivity index (χ3v) is 3.35. The lowest BCUT2D eigenvalue weighted by atomic mass is 10.4. The van der Waals surface area contributed by atoms with Crippen LogP contribution in [-0.2, 0) is 9.63 Å². The van der Waals surface area contributed by atoms with Crippen LogP contribution in [0.3, 0.4) is 0 Å². The zero-order chi connectivity index (χ0) is 11.3. The van der Waals surface area contributed by atoms with Gasteiger partial charge in [-0.15, -0.1) is 11.3 Å². The molecule has 0 aliphatic heterocycles. The molecular formula is C8H9N2O3S2. The van der Waals surface area contributed by atoms with Crippen LogP contribution in [-0.4, -0.2) is 34.6 Å². The smallest absolute Gasteiger partial charge is 0.354 e. The molecule has 0 spiro atoms. The first-order valence-corrected chi connectivity index (χ1v) is 5.75. The predicted octanol–water partition coefficient (Wildman–Crippen LogP) is 1.43. The minimum Gasteiger partial charge on any atom is -0.477 e. The number of thiazole rings is 1. The van der Waals surface area contributed by atoms with E-state index in [0.29, 0.717) is 0 Å². The Morgan fingerprint density at radius 2 is 2.53 bits per heavy atom. The normalized spacial score (nSPS) is 11.5. The second-order valence-corrected chi connectivity index (χ2v) is 4.50. The number of hydrogen-bond acceptors (Lipinski definition) is 6. The summed E-state index contributed by atoms with van der Waals surface area (Å²) in [6, 6.07) is 0.